The average Bonchev–Trinajstić information content (AvgIpc) is 3.35. The second-order valence-electron chi connectivity index (χ2n) is 7.54. The van der Waals surface area contributed by atoms with Gasteiger partial charge in [0.2, 0.25) is 0 Å². The minimum atomic E-state index is -4.80. The molecule has 0 bridgehead atoms. The lowest BCUT2D eigenvalue weighted by Crippen LogP contribution is -2.32. The Morgan fingerprint density at radius 1 is 1.09 bits per heavy atom. The Morgan fingerprint density at radius 2 is 1.84 bits per heavy atom. The summed E-state index contributed by atoms with van der Waals surface area (Å²) in [5.41, 5.74) is 1.32. The maximum absolute atomic E-state index is 13.1. The van der Waals surface area contributed by atoms with Crippen molar-refractivity contribution in [3.05, 3.63) is 72.7 Å². The summed E-state index contributed by atoms with van der Waals surface area (Å²) in [5, 5.41) is 3.15. The molecule has 1 saturated heterocycles. The Hall–Kier alpha value is -3.05. The van der Waals surface area contributed by atoms with Gasteiger partial charge in [-0.1, -0.05) is 36.4 Å². The first-order chi connectivity index (χ1) is 15.1. The number of hydrogen-bond acceptors (Lipinski definition) is 5. The number of alkyl halides is 3. The van der Waals surface area contributed by atoms with Gasteiger partial charge in [0.25, 0.3) is 10.0 Å². The highest BCUT2D eigenvalue weighted by atomic mass is 32.2. The van der Waals surface area contributed by atoms with Gasteiger partial charge in [-0.15, -0.1) is 13.2 Å². The number of aryl methyl sites for hydroxylation is 1. The number of rotatable bonds is 6. The van der Waals surface area contributed by atoms with E-state index < -0.39 is 16.4 Å². The number of nitrogens with one attached hydrogen (secondary N) is 1. The number of sulfonamides is 1. The highest BCUT2D eigenvalue weighted by molar-refractivity contribution is 7.89. The molecule has 2 atom stereocenters. The zero-order valence-electron chi connectivity index (χ0n) is 17.0. The number of hydrogen-bond donors (Lipinski definition) is 1. The van der Waals surface area contributed by atoms with E-state index in [4.69, 9.17) is 0 Å². The Morgan fingerprint density at radius 3 is 2.50 bits per heavy atom. The molecular weight excluding hydrogens is 445 g/mol. The van der Waals surface area contributed by atoms with Crippen LogP contribution < -0.4 is 10.1 Å². The molecule has 3 aromatic rings. The van der Waals surface area contributed by atoms with E-state index in [1.807, 2.05) is 30.3 Å². The molecule has 1 aromatic heterocycles. The average molecular weight is 466 g/mol. The summed E-state index contributed by atoms with van der Waals surface area (Å²) in [7, 11) is -2.14. The fourth-order valence-electron chi connectivity index (χ4n) is 3.80. The first-order valence-electron chi connectivity index (χ1n) is 9.77. The van der Waals surface area contributed by atoms with E-state index in [9.17, 15) is 21.6 Å². The lowest BCUT2D eigenvalue weighted by molar-refractivity contribution is -0.274. The lowest BCUT2D eigenvalue weighted by Gasteiger charge is -2.21. The van der Waals surface area contributed by atoms with Gasteiger partial charge in [0.1, 0.15) is 5.75 Å². The summed E-state index contributed by atoms with van der Waals surface area (Å²) in [6, 6.07) is 14.5. The van der Waals surface area contributed by atoms with Crippen LogP contribution in [0, 0.1) is 0 Å². The van der Waals surface area contributed by atoms with Crippen LogP contribution in [0.2, 0.25) is 0 Å². The molecule has 1 aliphatic heterocycles. The van der Waals surface area contributed by atoms with Gasteiger partial charge in [-0.2, -0.15) is 4.31 Å². The van der Waals surface area contributed by atoms with E-state index in [0.717, 1.165) is 5.56 Å². The lowest BCUT2D eigenvalue weighted by atomic mass is 9.94. The van der Waals surface area contributed by atoms with Crippen molar-refractivity contribution in [2.45, 2.75) is 23.3 Å². The molecule has 0 radical (unpaired) electrons. The fourth-order valence-corrected chi connectivity index (χ4v) is 5.26. The third kappa shape index (κ3) is 4.89. The molecule has 1 aliphatic rings. The van der Waals surface area contributed by atoms with Crippen molar-refractivity contribution in [1.82, 2.24) is 13.9 Å². The number of aromatic nitrogens is 2. The number of nitrogens with zero attached hydrogens (tertiary/aromatic N) is 3. The van der Waals surface area contributed by atoms with Crippen LogP contribution in [0.1, 0.15) is 11.5 Å². The molecule has 7 nitrogen and oxygen atoms in total. The van der Waals surface area contributed by atoms with E-state index in [-0.39, 0.29) is 35.8 Å². The topological polar surface area (TPSA) is 76.5 Å². The standard InChI is InChI=1S/C21H21F3N4O3S/c1-27-13-20(25-14-27)32(29,30)28-11-18(15-6-3-2-4-7-15)19(12-28)26-16-8-5-9-17(10-16)31-21(22,23)24/h2-10,13-14,18-19,26H,11-12H2,1H3/t18-,19+/m1/s1. The van der Waals surface area contributed by atoms with E-state index in [1.54, 1.807) is 17.7 Å². The first-order valence-corrected chi connectivity index (χ1v) is 11.2. The molecule has 0 aliphatic carbocycles. The van der Waals surface area contributed by atoms with Gasteiger partial charge in [0.05, 0.1) is 6.33 Å². The molecule has 32 heavy (non-hydrogen) atoms. The quantitative estimate of drug-likeness (QED) is 0.601. The molecule has 2 aromatic carbocycles. The van der Waals surface area contributed by atoms with Crippen LogP contribution in [-0.4, -0.2) is 47.8 Å². The molecule has 2 heterocycles. The maximum Gasteiger partial charge on any atom is 0.573 e. The molecule has 0 amide bonds. The molecule has 4 rings (SSSR count). The molecule has 0 spiro atoms. The van der Waals surface area contributed by atoms with Gasteiger partial charge in [0.15, 0.2) is 5.03 Å². The largest absolute Gasteiger partial charge is 0.573 e. The maximum atomic E-state index is 13.1. The van der Waals surface area contributed by atoms with Crippen LogP contribution in [0.15, 0.2) is 72.1 Å². The van der Waals surface area contributed by atoms with Gasteiger partial charge in [-0.25, -0.2) is 13.4 Å². The Kier molecular flexibility index (Phi) is 5.87. The van der Waals surface area contributed by atoms with E-state index in [0.29, 0.717) is 5.69 Å². The predicted octanol–water partition coefficient (Wildman–Crippen LogP) is 3.59. The molecule has 11 heteroatoms. The van der Waals surface area contributed by atoms with Crippen molar-refractivity contribution < 1.29 is 26.3 Å². The van der Waals surface area contributed by atoms with Gasteiger partial charge < -0.3 is 14.6 Å². The smallest absolute Gasteiger partial charge is 0.406 e. The number of benzene rings is 2. The van der Waals surface area contributed by atoms with Gasteiger partial charge in [-0.3, -0.25) is 0 Å². The monoisotopic (exact) mass is 466 g/mol. The van der Waals surface area contributed by atoms with Crippen molar-refractivity contribution in [3.63, 3.8) is 0 Å². The number of anilines is 1. The third-order valence-electron chi connectivity index (χ3n) is 5.22. The van der Waals surface area contributed by atoms with Gasteiger partial charge in [0, 0.05) is 50.0 Å². The molecule has 1 N–H and O–H groups in total. The van der Waals surface area contributed by atoms with Crippen molar-refractivity contribution in [1.29, 1.82) is 0 Å². The van der Waals surface area contributed by atoms with E-state index >= 15 is 0 Å². The predicted molar refractivity (Wildman–Crippen MR) is 112 cm³/mol. The van der Waals surface area contributed by atoms with Crippen LogP contribution in [0.4, 0.5) is 18.9 Å². The molecule has 0 saturated carbocycles. The van der Waals surface area contributed by atoms with Crippen LogP contribution in [-0.2, 0) is 17.1 Å². The number of imidazole rings is 1. The second kappa shape index (κ2) is 8.47. The zero-order chi connectivity index (χ0) is 22.9. The molecular formula is C21H21F3N4O3S. The minimum Gasteiger partial charge on any atom is -0.406 e. The van der Waals surface area contributed by atoms with E-state index in [2.05, 4.69) is 15.0 Å². The summed E-state index contributed by atoms with van der Waals surface area (Å²) in [4.78, 5) is 3.97. The number of halogens is 3. The Labute approximate surface area is 183 Å². The number of ether oxygens (including phenoxy) is 1. The SMILES string of the molecule is Cn1cnc(S(=O)(=O)N2C[C@H](Nc3cccc(OC(F)(F)F)c3)[C@@H](c3ccccc3)C2)c1. The van der Waals surface area contributed by atoms with Crippen molar-refractivity contribution in [3.8, 4) is 5.75 Å². The van der Waals surface area contributed by atoms with Gasteiger partial charge in [-0.05, 0) is 17.7 Å². The summed E-state index contributed by atoms with van der Waals surface area (Å²) in [6.07, 6.45) is -1.95. The summed E-state index contributed by atoms with van der Waals surface area (Å²) in [5.74, 6) is -0.573. The highest BCUT2D eigenvalue weighted by Gasteiger charge is 2.41. The molecule has 170 valence electrons. The highest BCUT2D eigenvalue weighted by Crippen LogP contribution is 2.34. The summed E-state index contributed by atoms with van der Waals surface area (Å²) >= 11 is 0. The summed E-state index contributed by atoms with van der Waals surface area (Å²) < 4.78 is 70.9. The molecule has 1 fully saturated rings. The van der Waals surface area contributed by atoms with Crippen LogP contribution >= 0.6 is 0 Å². The van der Waals surface area contributed by atoms with Crippen molar-refractivity contribution >= 4 is 15.7 Å². The minimum absolute atomic E-state index is 0.0481. The van der Waals surface area contributed by atoms with Crippen LogP contribution in [0.5, 0.6) is 5.75 Å². The normalized spacial score (nSPS) is 19.8. The zero-order valence-corrected chi connectivity index (χ0v) is 17.8. The van der Waals surface area contributed by atoms with Gasteiger partial charge >= 0.3 is 6.36 Å². The summed E-state index contributed by atoms with van der Waals surface area (Å²) in [6.45, 7) is 0.335. The molecule has 0 unspecified atom stereocenters. The Bertz CT molecular complexity index is 1180. The third-order valence-corrected chi connectivity index (χ3v) is 6.94. The van der Waals surface area contributed by atoms with E-state index in [1.165, 1.54) is 35.0 Å². The van der Waals surface area contributed by atoms with Crippen LogP contribution in [0.3, 0.4) is 0 Å². The Balaban J connectivity index is 1.61. The second-order valence-corrected chi connectivity index (χ2v) is 9.43. The first kappa shape index (κ1) is 22.2. The fraction of sp³-hybridized carbons (Fsp3) is 0.286. The van der Waals surface area contributed by atoms with Crippen molar-refractivity contribution in [2.24, 2.45) is 7.05 Å². The van der Waals surface area contributed by atoms with Crippen molar-refractivity contribution in [2.75, 3.05) is 18.4 Å². The van der Waals surface area contributed by atoms with Crippen LogP contribution in [0.25, 0.3) is 0 Å².